The minimum Gasteiger partial charge on any atom is -0.356 e. The Morgan fingerprint density at radius 1 is 1.24 bits per heavy atom. The highest BCUT2D eigenvalue weighted by atomic mass is 15.3. The number of benzene rings is 1. The van der Waals surface area contributed by atoms with E-state index < -0.39 is 0 Å². The summed E-state index contributed by atoms with van der Waals surface area (Å²) >= 11 is 0. The molecule has 132 valence electrons. The van der Waals surface area contributed by atoms with Crippen LogP contribution in [0.1, 0.15) is 31.2 Å². The molecule has 1 aliphatic carbocycles. The van der Waals surface area contributed by atoms with Crippen LogP contribution in [0, 0.1) is 5.41 Å². The lowest BCUT2D eigenvalue weighted by atomic mass is 9.68. The van der Waals surface area contributed by atoms with Crippen LogP contribution in [0.3, 0.4) is 0 Å². The lowest BCUT2D eigenvalue weighted by Gasteiger charge is -2.38. The van der Waals surface area contributed by atoms with E-state index in [1.54, 1.807) is 6.20 Å². The molecule has 0 amide bonds. The molecule has 0 bridgehead atoms. The highest BCUT2D eigenvalue weighted by molar-refractivity contribution is 5.80. The van der Waals surface area contributed by atoms with Crippen LogP contribution in [0.4, 0.5) is 0 Å². The molecule has 1 aliphatic heterocycles. The first-order valence-electron chi connectivity index (χ1n) is 9.33. The lowest BCUT2D eigenvalue weighted by Crippen LogP contribution is -2.43. The third-order valence-corrected chi connectivity index (χ3v) is 5.77. The van der Waals surface area contributed by atoms with E-state index in [1.807, 2.05) is 24.0 Å². The number of hydrogen-bond acceptors (Lipinski definition) is 2. The number of guanidine groups is 1. The third kappa shape index (κ3) is 3.41. The number of nitrogens with zero attached hydrogens (tertiary/aromatic N) is 4. The van der Waals surface area contributed by atoms with Gasteiger partial charge in [-0.1, -0.05) is 18.6 Å². The molecule has 1 saturated heterocycles. The van der Waals surface area contributed by atoms with Crippen molar-refractivity contribution >= 4 is 5.96 Å². The molecule has 2 aromatic rings. The Hall–Kier alpha value is -2.30. The molecular formula is C20H27N5. The van der Waals surface area contributed by atoms with Crippen LogP contribution in [0.25, 0.3) is 5.69 Å². The van der Waals surface area contributed by atoms with Gasteiger partial charge in [-0.3, -0.25) is 4.99 Å². The zero-order valence-corrected chi connectivity index (χ0v) is 15.0. The molecule has 5 heteroatoms. The number of likely N-dealkylation sites (tertiary alicyclic amines) is 1. The van der Waals surface area contributed by atoms with Crippen molar-refractivity contribution in [3.05, 3.63) is 48.3 Å². The van der Waals surface area contributed by atoms with Crippen LogP contribution >= 0.6 is 0 Å². The Kier molecular flexibility index (Phi) is 4.47. The van der Waals surface area contributed by atoms with Crippen molar-refractivity contribution in [3.8, 4) is 5.69 Å². The summed E-state index contributed by atoms with van der Waals surface area (Å²) < 4.78 is 1.88. The normalized spacial score (nSPS) is 19.2. The maximum Gasteiger partial charge on any atom is 0.193 e. The summed E-state index contributed by atoms with van der Waals surface area (Å²) in [6.07, 6.45) is 10.3. The largest absolute Gasteiger partial charge is 0.356 e. The molecule has 0 atom stereocenters. The highest BCUT2D eigenvalue weighted by Crippen LogP contribution is 2.47. The zero-order chi connectivity index (χ0) is 17.1. The van der Waals surface area contributed by atoms with Crippen LogP contribution in [0.15, 0.2) is 47.7 Å². The van der Waals surface area contributed by atoms with Crippen LogP contribution in [-0.2, 0) is 6.42 Å². The standard InChI is InChI=1S/C20H27N5/c1-21-19(24-15-11-20(16-24)9-2-10-20)22-13-8-17-4-6-18(7-5-17)25-14-3-12-23-25/h3-7,12,14H,2,8-11,13,15-16H2,1H3,(H,21,22). The Labute approximate surface area is 149 Å². The number of rotatable bonds is 4. The van der Waals surface area contributed by atoms with E-state index >= 15 is 0 Å². The van der Waals surface area contributed by atoms with E-state index in [4.69, 9.17) is 0 Å². The first-order chi connectivity index (χ1) is 12.3. The smallest absolute Gasteiger partial charge is 0.193 e. The molecule has 1 spiro atoms. The van der Waals surface area contributed by atoms with Gasteiger partial charge in [-0.05, 0) is 54.9 Å². The fraction of sp³-hybridized carbons (Fsp3) is 0.500. The van der Waals surface area contributed by atoms with Gasteiger partial charge in [0, 0.05) is 39.1 Å². The molecule has 2 aliphatic rings. The quantitative estimate of drug-likeness (QED) is 0.689. The predicted octanol–water partition coefficient (Wildman–Crippen LogP) is 2.87. The fourth-order valence-electron chi connectivity index (χ4n) is 4.09. The van der Waals surface area contributed by atoms with Gasteiger partial charge in [-0.15, -0.1) is 0 Å². The zero-order valence-electron chi connectivity index (χ0n) is 15.0. The first-order valence-corrected chi connectivity index (χ1v) is 9.33. The van der Waals surface area contributed by atoms with E-state index in [1.165, 1.54) is 37.8 Å². The van der Waals surface area contributed by atoms with Crippen molar-refractivity contribution in [1.82, 2.24) is 20.0 Å². The third-order valence-electron chi connectivity index (χ3n) is 5.77. The van der Waals surface area contributed by atoms with Gasteiger partial charge in [0.05, 0.1) is 5.69 Å². The summed E-state index contributed by atoms with van der Waals surface area (Å²) in [5.41, 5.74) is 3.04. The molecule has 1 N–H and O–H groups in total. The molecule has 5 nitrogen and oxygen atoms in total. The van der Waals surface area contributed by atoms with Crippen LogP contribution in [0.5, 0.6) is 0 Å². The summed E-state index contributed by atoms with van der Waals surface area (Å²) in [5, 5.41) is 7.81. The average molecular weight is 337 g/mol. The van der Waals surface area contributed by atoms with Gasteiger partial charge in [0.1, 0.15) is 0 Å². The highest BCUT2D eigenvalue weighted by Gasteiger charge is 2.43. The number of aromatic nitrogens is 2. The first kappa shape index (κ1) is 16.2. The number of aliphatic imine (C=N–C) groups is 1. The van der Waals surface area contributed by atoms with Crippen molar-refractivity contribution < 1.29 is 0 Å². The Bertz CT molecular complexity index is 713. The Balaban J connectivity index is 1.28. The van der Waals surface area contributed by atoms with Crippen molar-refractivity contribution in [3.63, 3.8) is 0 Å². The van der Waals surface area contributed by atoms with Crippen molar-refractivity contribution in [2.75, 3.05) is 26.7 Å². The summed E-state index contributed by atoms with van der Waals surface area (Å²) in [5.74, 6) is 1.07. The van der Waals surface area contributed by atoms with Gasteiger partial charge in [-0.25, -0.2) is 4.68 Å². The van der Waals surface area contributed by atoms with Crippen molar-refractivity contribution in [1.29, 1.82) is 0 Å². The van der Waals surface area contributed by atoms with Crippen LogP contribution in [0.2, 0.25) is 0 Å². The Morgan fingerprint density at radius 3 is 2.68 bits per heavy atom. The lowest BCUT2D eigenvalue weighted by molar-refractivity contribution is 0.151. The number of nitrogens with one attached hydrogen (secondary N) is 1. The summed E-state index contributed by atoms with van der Waals surface area (Å²) in [6, 6.07) is 10.5. The molecule has 2 fully saturated rings. The molecule has 25 heavy (non-hydrogen) atoms. The minimum absolute atomic E-state index is 0.611. The topological polar surface area (TPSA) is 45.5 Å². The maximum atomic E-state index is 4.49. The van der Waals surface area contributed by atoms with Gasteiger partial charge < -0.3 is 10.2 Å². The van der Waals surface area contributed by atoms with Gasteiger partial charge >= 0.3 is 0 Å². The SMILES string of the molecule is CN=C(NCCc1ccc(-n2cccn2)cc1)N1CCC2(CCC2)C1. The second kappa shape index (κ2) is 6.90. The van der Waals surface area contributed by atoms with Gasteiger partial charge in [0.25, 0.3) is 0 Å². The van der Waals surface area contributed by atoms with Crippen molar-refractivity contribution in [2.45, 2.75) is 32.1 Å². The molecule has 1 saturated carbocycles. The molecular weight excluding hydrogens is 310 g/mol. The second-order valence-corrected chi connectivity index (χ2v) is 7.37. The van der Waals surface area contributed by atoms with Crippen molar-refractivity contribution in [2.24, 2.45) is 10.4 Å². The molecule has 1 aromatic carbocycles. The molecule has 2 heterocycles. The molecule has 0 radical (unpaired) electrons. The van der Waals surface area contributed by atoms with E-state index in [2.05, 4.69) is 44.6 Å². The van der Waals surface area contributed by atoms with Crippen LogP contribution < -0.4 is 5.32 Å². The number of hydrogen-bond donors (Lipinski definition) is 1. The van der Waals surface area contributed by atoms with Crippen LogP contribution in [-0.4, -0.2) is 47.3 Å². The molecule has 0 unspecified atom stereocenters. The van der Waals surface area contributed by atoms with E-state index in [-0.39, 0.29) is 0 Å². The monoisotopic (exact) mass is 337 g/mol. The van der Waals surface area contributed by atoms with Gasteiger partial charge in [-0.2, -0.15) is 5.10 Å². The molecule has 4 rings (SSSR count). The summed E-state index contributed by atoms with van der Waals surface area (Å²) in [6.45, 7) is 3.25. The second-order valence-electron chi connectivity index (χ2n) is 7.37. The van der Waals surface area contributed by atoms with Gasteiger partial charge in [0.2, 0.25) is 0 Å². The average Bonchev–Trinajstić information content (AvgIpc) is 3.29. The van der Waals surface area contributed by atoms with E-state index in [9.17, 15) is 0 Å². The van der Waals surface area contributed by atoms with E-state index in [0.29, 0.717) is 5.41 Å². The maximum absolute atomic E-state index is 4.49. The van der Waals surface area contributed by atoms with E-state index in [0.717, 1.165) is 31.2 Å². The molecule has 1 aromatic heterocycles. The fourth-order valence-corrected chi connectivity index (χ4v) is 4.09. The minimum atomic E-state index is 0.611. The summed E-state index contributed by atoms with van der Waals surface area (Å²) in [7, 11) is 1.90. The van der Waals surface area contributed by atoms with Gasteiger partial charge in [0.15, 0.2) is 5.96 Å². The predicted molar refractivity (Wildman–Crippen MR) is 101 cm³/mol. The Morgan fingerprint density at radius 2 is 2.08 bits per heavy atom. The summed E-state index contributed by atoms with van der Waals surface area (Å²) in [4.78, 5) is 6.94.